The minimum atomic E-state index is -0.241. The van der Waals surface area contributed by atoms with Gasteiger partial charge in [0.15, 0.2) is 0 Å². The quantitative estimate of drug-likeness (QED) is 0.580. The fourth-order valence-corrected chi connectivity index (χ4v) is 2.50. The Balaban J connectivity index is 1.52. The van der Waals surface area contributed by atoms with Crippen molar-refractivity contribution in [2.24, 2.45) is 0 Å². The van der Waals surface area contributed by atoms with Crippen LogP contribution in [0.4, 0.5) is 4.39 Å². The standard InChI is InChI=1S/C16H13FN6/c17-14-3-1-12(2-4-14)8-23-10-15(20-21-23)9-22-6-5-13-7-18-11-19-16(13)22/h1-7,10-11H,8-9H2. The molecule has 3 heterocycles. The maximum Gasteiger partial charge on any atom is 0.143 e. The molecule has 0 spiro atoms. The zero-order chi connectivity index (χ0) is 15.6. The van der Waals surface area contributed by atoms with Crippen LogP contribution in [0.3, 0.4) is 0 Å². The molecule has 4 aromatic rings. The lowest BCUT2D eigenvalue weighted by atomic mass is 10.2. The van der Waals surface area contributed by atoms with E-state index < -0.39 is 0 Å². The molecule has 0 saturated carbocycles. The zero-order valence-electron chi connectivity index (χ0n) is 12.2. The lowest BCUT2D eigenvalue weighted by Gasteiger charge is -2.01. The second-order valence-corrected chi connectivity index (χ2v) is 5.28. The molecule has 0 radical (unpaired) electrons. The van der Waals surface area contributed by atoms with Gasteiger partial charge in [0.2, 0.25) is 0 Å². The molecule has 0 bridgehead atoms. The number of rotatable bonds is 4. The van der Waals surface area contributed by atoms with Crippen LogP contribution in [-0.4, -0.2) is 29.5 Å². The summed E-state index contributed by atoms with van der Waals surface area (Å²) in [4.78, 5) is 8.29. The molecule has 6 nitrogen and oxygen atoms in total. The molecule has 1 aromatic carbocycles. The summed E-state index contributed by atoms with van der Waals surface area (Å²) in [5.74, 6) is -0.241. The van der Waals surface area contributed by atoms with Gasteiger partial charge in [-0.05, 0) is 23.8 Å². The van der Waals surface area contributed by atoms with E-state index in [-0.39, 0.29) is 5.82 Å². The van der Waals surface area contributed by atoms with Crippen molar-refractivity contribution in [2.75, 3.05) is 0 Å². The highest BCUT2D eigenvalue weighted by Crippen LogP contribution is 2.13. The van der Waals surface area contributed by atoms with Gasteiger partial charge in [-0.25, -0.2) is 19.0 Å². The van der Waals surface area contributed by atoms with Crippen LogP contribution in [0.15, 0.2) is 55.2 Å². The summed E-state index contributed by atoms with van der Waals surface area (Å²) in [7, 11) is 0. The van der Waals surface area contributed by atoms with Crippen molar-refractivity contribution >= 4 is 11.0 Å². The van der Waals surface area contributed by atoms with Crippen LogP contribution >= 0.6 is 0 Å². The molecule has 0 atom stereocenters. The molecule has 0 N–H and O–H groups in total. The van der Waals surface area contributed by atoms with Crippen molar-refractivity contribution in [3.05, 3.63) is 72.3 Å². The van der Waals surface area contributed by atoms with E-state index in [1.54, 1.807) is 23.0 Å². The van der Waals surface area contributed by atoms with Crippen molar-refractivity contribution < 1.29 is 4.39 Å². The summed E-state index contributed by atoms with van der Waals surface area (Å²) in [6.07, 6.45) is 7.16. The van der Waals surface area contributed by atoms with Crippen LogP contribution in [0, 0.1) is 5.82 Å². The van der Waals surface area contributed by atoms with Crippen LogP contribution in [0.1, 0.15) is 11.3 Å². The molecule has 0 unspecified atom stereocenters. The molecule has 7 heteroatoms. The minimum Gasteiger partial charge on any atom is -0.326 e. The average molecular weight is 308 g/mol. The zero-order valence-corrected chi connectivity index (χ0v) is 12.2. The third kappa shape index (κ3) is 2.80. The van der Waals surface area contributed by atoms with Crippen LogP contribution in [0.25, 0.3) is 11.0 Å². The normalized spacial score (nSPS) is 11.2. The number of aromatic nitrogens is 6. The number of fused-ring (bicyclic) bond motifs is 1. The Hall–Kier alpha value is -3.09. The van der Waals surface area contributed by atoms with E-state index in [1.165, 1.54) is 18.5 Å². The second kappa shape index (κ2) is 5.60. The Morgan fingerprint density at radius 3 is 2.78 bits per heavy atom. The van der Waals surface area contributed by atoms with Crippen molar-refractivity contribution in [3.8, 4) is 0 Å². The molecule has 0 aliphatic heterocycles. The highest BCUT2D eigenvalue weighted by molar-refractivity contribution is 5.74. The van der Waals surface area contributed by atoms with E-state index in [4.69, 9.17) is 0 Å². The fraction of sp³-hybridized carbons (Fsp3) is 0.125. The molecular weight excluding hydrogens is 295 g/mol. The maximum atomic E-state index is 12.9. The first-order chi connectivity index (χ1) is 11.3. The Morgan fingerprint density at radius 2 is 1.91 bits per heavy atom. The van der Waals surface area contributed by atoms with Gasteiger partial charge in [-0.1, -0.05) is 17.3 Å². The summed E-state index contributed by atoms with van der Waals surface area (Å²) in [5, 5.41) is 9.30. The largest absolute Gasteiger partial charge is 0.326 e. The van der Waals surface area contributed by atoms with E-state index in [1.807, 2.05) is 23.0 Å². The van der Waals surface area contributed by atoms with Gasteiger partial charge in [0.05, 0.1) is 19.3 Å². The summed E-state index contributed by atoms with van der Waals surface area (Å²) in [6, 6.07) is 8.34. The highest BCUT2D eigenvalue weighted by atomic mass is 19.1. The van der Waals surface area contributed by atoms with Gasteiger partial charge < -0.3 is 4.57 Å². The third-order valence-corrected chi connectivity index (χ3v) is 3.60. The van der Waals surface area contributed by atoms with E-state index in [0.717, 1.165) is 22.3 Å². The minimum absolute atomic E-state index is 0.241. The first kappa shape index (κ1) is 13.6. The van der Waals surface area contributed by atoms with Gasteiger partial charge in [-0.2, -0.15) is 0 Å². The van der Waals surface area contributed by atoms with Crippen molar-refractivity contribution in [2.45, 2.75) is 13.1 Å². The lowest BCUT2D eigenvalue weighted by molar-refractivity contribution is 0.621. The summed E-state index contributed by atoms with van der Waals surface area (Å²) in [5.41, 5.74) is 2.68. The number of hydrogen-bond donors (Lipinski definition) is 0. The Labute approximate surface area is 131 Å². The maximum absolute atomic E-state index is 12.9. The van der Waals surface area contributed by atoms with Crippen molar-refractivity contribution in [1.29, 1.82) is 0 Å². The average Bonchev–Trinajstić information content (AvgIpc) is 3.18. The van der Waals surface area contributed by atoms with Crippen molar-refractivity contribution in [3.63, 3.8) is 0 Å². The first-order valence-corrected chi connectivity index (χ1v) is 7.16. The van der Waals surface area contributed by atoms with Gasteiger partial charge in [-0.15, -0.1) is 5.10 Å². The Kier molecular flexibility index (Phi) is 3.30. The van der Waals surface area contributed by atoms with Gasteiger partial charge in [-0.3, -0.25) is 0 Å². The Bertz CT molecular complexity index is 941. The molecule has 0 amide bonds. The number of benzene rings is 1. The predicted molar refractivity (Wildman–Crippen MR) is 82.2 cm³/mol. The topological polar surface area (TPSA) is 61.4 Å². The van der Waals surface area contributed by atoms with E-state index in [0.29, 0.717) is 13.1 Å². The number of nitrogens with zero attached hydrogens (tertiary/aromatic N) is 6. The Morgan fingerprint density at radius 1 is 1.04 bits per heavy atom. The summed E-state index contributed by atoms with van der Waals surface area (Å²) < 4.78 is 16.7. The van der Waals surface area contributed by atoms with E-state index >= 15 is 0 Å². The molecule has 0 saturated heterocycles. The highest BCUT2D eigenvalue weighted by Gasteiger charge is 2.06. The smallest absolute Gasteiger partial charge is 0.143 e. The molecular formula is C16H13FN6. The first-order valence-electron chi connectivity index (χ1n) is 7.16. The lowest BCUT2D eigenvalue weighted by Crippen LogP contribution is -2.01. The fourth-order valence-electron chi connectivity index (χ4n) is 2.50. The predicted octanol–water partition coefficient (Wildman–Crippen LogP) is 2.26. The van der Waals surface area contributed by atoms with Gasteiger partial charge in [0.25, 0.3) is 0 Å². The van der Waals surface area contributed by atoms with Crippen molar-refractivity contribution in [1.82, 2.24) is 29.5 Å². The summed E-state index contributed by atoms with van der Waals surface area (Å²) >= 11 is 0. The van der Waals surface area contributed by atoms with Gasteiger partial charge >= 0.3 is 0 Å². The summed E-state index contributed by atoms with van der Waals surface area (Å²) in [6.45, 7) is 1.14. The molecule has 114 valence electrons. The van der Waals surface area contributed by atoms with E-state index in [2.05, 4.69) is 20.3 Å². The molecule has 23 heavy (non-hydrogen) atoms. The molecule has 0 aliphatic rings. The van der Waals surface area contributed by atoms with E-state index in [9.17, 15) is 4.39 Å². The molecule has 0 fully saturated rings. The van der Waals surface area contributed by atoms with Gasteiger partial charge in [0, 0.05) is 17.8 Å². The monoisotopic (exact) mass is 308 g/mol. The molecule has 0 aliphatic carbocycles. The second-order valence-electron chi connectivity index (χ2n) is 5.28. The number of hydrogen-bond acceptors (Lipinski definition) is 4. The number of halogens is 1. The molecule has 3 aromatic heterocycles. The van der Waals surface area contributed by atoms with Gasteiger partial charge in [0.1, 0.15) is 23.5 Å². The van der Waals surface area contributed by atoms with Crippen LogP contribution in [0.5, 0.6) is 0 Å². The van der Waals surface area contributed by atoms with Crippen LogP contribution < -0.4 is 0 Å². The third-order valence-electron chi connectivity index (χ3n) is 3.60. The van der Waals surface area contributed by atoms with Crippen LogP contribution in [-0.2, 0) is 13.1 Å². The SMILES string of the molecule is Fc1ccc(Cn2cc(Cn3ccc4cncnc43)nn2)cc1. The van der Waals surface area contributed by atoms with Crippen LogP contribution in [0.2, 0.25) is 0 Å². The molecule has 4 rings (SSSR count).